The Morgan fingerprint density at radius 3 is 2.48 bits per heavy atom. The molecule has 2 N–H and O–H groups in total. The monoisotopic (exact) mass is 404 g/mol. The van der Waals surface area contributed by atoms with Crippen LogP contribution >= 0.6 is 11.3 Å². The zero-order chi connectivity index (χ0) is 20.1. The van der Waals surface area contributed by atoms with Crippen molar-refractivity contribution in [3.05, 3.63) is 87.1 Å². The third kappa shape index (κ3) is 4.74. The number of carbonyl (C=O) groups is 2. The van der Waals surface area contributed by atoms with Crippen molar-refractivity contribution in [2.24, 2.45) is 0 Å². The Morgan fingerprint density at radius 2 is 1.66 bits per heavy atom. The maximum absolute atomic E-state index is 12.8. The smallest absolute Gasteiger partial charge is 0.265 e. The number of para-hydroxylation sites is 1. The summed E-state index contributed by atoms with van der Waals surface area (Å²) in [6, 6.07) is 19.2. The highest BCUT2D eigenvalue weighted by Crippen LogP contribution is 2.30. The fourth-order valence-corrected chi connectivity index (χ4v) is 4.79. The van der Waals surface area contributed by atoms with Crippen LogP contribution in [0.5, 0.6) is 0 Å². The molecular formula is C24H24N2O2S. The second-order valence-corrected chi connectivity index (χ2v) is 8.39. The summed E-state index contributed by atoms with van der Waals surface area (Å²) in [4.78, 5) is 27.5. The molecule has 0 spiro atoms. The van der Waals surface area contributed by atoms with E-state index in [1.54, 1.807) is 23.5 Å². The zero-order valence-electron chi connectivity index (χ0n) is 16.2. The molecule has 1 aliphatic carbocycles. The Kier molecular flexibility index (Phi) is 6.06. The summed E-state index contributed by atoms with van der Waals surface area (Å²) in [5.41, 5.74) is 3.51. The molecule has 5 heteroatoms. The lowest BCUT2D eigenvalue weighted by molar-refractivity contribution is 0.0955. The van der Waals surface area contributed by atoms with Crippen LogP contribution in [0, 0.1) is 0 Å². The molecule has 4 rings (SSSR count). The van der Waals surface area contributed by atoms with Gasteiger partial charge in [0.05, 0.1) is 16.1 Å². The van der Waals surface area contributed by atoms with Crippen molar-refractivity contribution < 1.29 is 9.59 Å². The Hall–Kier alpha value is -2.92. The van der Waals surface area contributed by atoms with Gasteiger partial charge >= 0.3 is 0 Å². The SMILES string of the molecule is O=C(Nc1ccccc1C(=O)NCCc1ccccc1)c1cc2c(s1)CCCC2. The average Bonchev–Trinajstić information content (AvgIpc) is 3.19. The number of fused-ring (bicyclic) bond motifs is 1. The van der Waals surface area contributed by atoms with Crippen LogP contribution in [0.25, 0.3) is 0 Å². The van der Waals surface area contributed by atoms with Crippen LogP contribution in [0.15, 0.2) is 60.7 Å². The number of aryl methyl sites for hydroxylation is 2. The minimum atomic E-state index is -0.178. The van der Waals surface area contributed by atoms with Crippen LogP contribution in [0.1, 0.15) is 48.9 Å². The van der Waals surface area contributed by atoms with Gasteiger partial charge in [0.15, 0.2) is 0 Å². The molecule has 0 atom stereocenters. The van der Waals surface area contributed by atoms with Crippen molar-refractivity contribution in [3.63, 3.8) is 0 Å². The lowest BCUT2D eigenvalue weighted by atomic mass is 9.99. The van der Waals surface area contributed by atoms with Gasteiger partial charge in [-0.05, 0) is 61.4 Å². The summed E-state index contributed by atoms with van der Waals surface area (Å²) in [6.45, 7) is 0.544. The lowest BCUT2D eigenvalue weighted by Gasteiger charge is -2.11. The molecule has 0 unspecified atom stereocenters. The molecule has 0 aliphatic heterocycles. The molecular weight excluding hydrogens is 380 g/mol. The van der Waals surface area contributed by atoms with Gasteiger partial charge in [-0.2, -0.15) is 0 Å². The predicted octanol–water partition coefficient (Wildman–Crippen LogP) is 4.85. The maximum atomic E-state index is 12.8. The number of carbonyl (C=O) groups excluding carboxylic acids is 2. The topological polar surface area (TPSA) is 58.2 Å². The summed E-state index contributed by atoms with van der Waals surface area (Å²) >= 11 is 1.58. The molecule has 2 amide bonds. The number of amides is 2. The number of nitrogens with one attached hydrogen (secondary N) is 2. The summed E-state index contributed by atoms with van der Waals surface area (Å²) in [5.74, 6) is -0.323. The first kappa shape index (κ1) is 19.4. The van der Waals surface area contributed by atoms with Gasteiger partial charge in [-0.1, -0.05) is 42.5 Å². The van der Waals surface area contributed by atoms with E-state index in [0.717, 1.165) is 24.1 Å². The van der Waals surface area contributed by atoms with Gasteiger partial charge in [-0.25, -0.2) is 0 Å². The molecule has 0 bridgehead atoms. The number of thiophene rings is 1. The van der Waals surface area contributed by atoms with Crippen LogP contribution in [0.4, 0.5) is 5.69 Å². The molecule has 0 radical (unpaired) electrons. The quantitative estimate of drug-likeness (QED) is 0.617. The molecule has 0 saturated heterocycles. The molecule has 3 aromatic rings. The molecule has 1 aliphatic rings. The van der Waals surface area contributed by atoms with Gasteiger partial charge in [0.25, 0.3) is 11.8 Å². The van der Waals surface area contributed by atoms with Crippen molar-refractivity contribution in [2.45, 2.75) is 32.1 Å². The van der Waals surface area contributed by atoms with Crippen molar-refractivity contribution in [3.8, 4) is 0 Å². The fraction of sp³-hybridized carbons (Fsp3) is 0.250. The minimum absolute atomic E-state index is 0.145. The average molecular weight is 405 g/mol. The third-order valence-corrected chi connectivity index (χ3v) is 6.42. The van der Waals surface area contributed by atoms with E-state index in [1.807, 2.05) is 48.5 Å². The number of hydrogen-bond acceptors (Lipinski definition) is 3. The number of hydrogen-bond donors (Lipinski definition) is 2. The molecule has 29 heavy (non-hydrogen) atoms. The van der Waals surface area contributed by atoms with Crippen molar-refractivity contribution >= 4 is 28.8 Å². The highest BCUT2D eigenvalue weighted by atomic mass is 32.1. The maximum Gasteiger partial charge on any atom is 0.265 e. The van der Waals surface area contributed by atoms with E-state index in [-0.39, 0.29) is 11.8 Å². The first-order valence-corrected chi connectivity index (χ1v) is 10.9. The Morgan fingerprint density at radius 1 is 0.897 bits per heavy atom. The highest BCUT2D eigenvalue weighted by Gasteiger charge is 2.19. The van der Waals surface area contributed by atoms with Gasteiger partial charge in [-0.3, -0.25) is 9.59 Å². The highest BCUT2D eigenvalue weighted by molar-refractivity contribution is 7.14. The van der Waals surface area contributed by atoms with E-state index < -0.39 is 0 Å². The van der Waals surface area contributed by atoms with Crippen molar-refractivity contribution in [1.29, 1.82) is 0 Å². The van der Waals surface area contributed by atoms with Gasteiger partial charge in [-0.15, -0.1) is 11.3 Å². The van der Waals surface area contributed by atoms with Gasteiger partial charge in [0.2, 0.25) is 0 Å². The van der Waals surface area contributed by atoms with E-state index in [1.165, 1.54) is 28.8 Å². The van der Waals surface area contributed by atoms with E-state index in [0.29, 0.717) is 17.8 Å². The summed E-state index contributed by atoms with van der Waals surface area (Å²) in [6.07, 6.45) is 5.27. The molecule has 4 nitrogen and oxygen atoms in total. The largest absolute Gasteiger partial charge is 0.352 e. The van der Waals surface area contributed by atoms with Crippen LogP contribution in [0.2, 0.25) is 0 Å². The van der Waals surface area contributed by atoms with Crippen LogP contribution in [-0.2, 0) is 19.3 Å². The second-order valence-electron chi connectivity index (χ2n) is 7.26. The minimum Gasteiger partial charge on any atom is -0.352 e. The molecule has 0 saturated carbocycles. The van der Waals surface area contributed by atoms with Gasteiger partial charge in [0, 0.05) is 11.4 Å². The third-order valence-electron chi connectivity index (χ3n) is 5.18. The van der Waals surface area contributed by atoms with Gasteiger partial charge in [0.1, 0.15) is 0 Å². The molecule has 2 aromatic carbocycles. The van der Waals surface area contributed by atoms with E-state index >= 15 is 0 Å². The Bertz CT molecular complexity index is 987. The summed E-state index contributed by atoms with van der Waals surface area (Å²) < 4.78 is 0. The first-order valence-electron chi connectivity index (χ1n) is 10.0. The van der Waals surface area contributed by atoms with Crippen molar-refractivity contribution in [2.75, 3.05) is 11.9 Å². The fourth-order valence-electron chi connectivity index (χ4n) is 3.64. The van der Waals surface area contributed by atoms with Crippen LogP contribution < -0.4 is 10.6 Å². The second kappa shape index (κ2) is 9.05. The van der Waals surface area contributed by atoms with Crippen LogP contribution in [-0.4, -0.2) is 18.4 Å². The number of anilines is 1. The summed E-state index contributed by atoms with van der Waals surface area (Å²) in [5, 5.41) is 5.89. The van der Waals surface area contributed by atoms with E-state index in [2.05, 4.69) is 10.6 Å². The Balaban J connectivity index is 1.41. The van der Waals surface area contributed by atoms with Crippen molar-refractivity contribution in [1.82, 2.24) is 5.32 Å². The number of rotatable bonds is 6. The molecule has 1 aromatic heterocycles. The molecule has 0 fully saturated rings. The molecule has 148 valence electrons. The van der Waals surface area contributed by atoms with Crippen LogP contribution in [0.3, 0.4) is 0 Å². The van der Waals surface area contributed by atoms with E-state index in [4.69, 9.17) is 0 Å². The van der Waals surface area contributed by atoms with E-state index in [9.17, 15) is 9.59 Å². The normalized spacial score (nSPS) is 12.8. The first-order chi connectivity index (χ1) is 14.2. The lowest BCUT2D eigenvalue weighted by Crippen LogP contribution is -2.27. The summed E-state index contributed by atoms with van der Waals surface area (Å²) in [7, 11) is 0. The molecule has 1 heterocycles. The Labute approximate surface area is 175 Å². The predicted molar refractivity (Wildman–Crippen MR) is 118 cm³/mol. The number of benzene rings is 2. The standard InChI is InChI=1S/C24H24N2O2S/c27-23(25-15-14-17-8-2-1-3-9-17)19-11-5-6-12-20(19)26-24(28)22-16-18-10-4-7-13-21(18)29-22/h1-3,5-6,8-9,11-12,16H,4,7,10,13-15H2,(H,25,27)(H,26,28). The van der Waals surface area contributed by atoms with Gasteiger partial charge < -0.3 is 10.6 Å². The zero-order valence-corrected chi connectivity index (χ0v) is 17.1.